The zero-order valence-corrected chi connectivity index (χ0v) is 14.7. The van der Waals surface area contributed by atoms with Crippen molar-refractivity contribution >= 4 is 23.3 Å². The van der Waals surface area contributed by atoms with Gasteiger partial charge in [-0.1, -0.05) is 0 Å². The van der Waals surface area contributed by atoms with Crippen molar-refractivity contribution in [1.29, 1.82) is 0 Å². The molecule has 0 saturated carbocycles. The molecule has 26 heavy (non-hydrogen) atoms. The standard InChI is InChI=1S/C18H23N3O5/c1-25-18(24)15-12-21(6-9-22)17(23)16(15)19-13-2-4-14(5-3-13)20-7-10-26-11-8-20/h2-5,19,22H,6-12H2,1H3. The van der Waals surface area contributed by atoms with E-state index < -0.39 is 5.97 Å². The number of β-amino-alcohol motifs (C(OH)–C–C–N with tert-alkyl or cyclic N) is 1. The molecule has 8 heteroatoms. The van der Waals surface area contributed by atoms with Crippen LogP contribution in [0.2, 0.25) is 0 Å². The molecule has 0 aliphatic carbocycles. The van der Waals surface area contributed by atoms with Gasteiger partial charge in [0.25, 0.3) is 5.91 Å². The molecule has 0 unspecified atom stereocenters. The number of carbonyl (C=O) groups excluding carboxylic acids is 2. The Hall–Kier alpha value is -2.58. The van der Waals surface area contributed by atoms with Crippen LogP contribution in [0.25, 0.3) is 0 Å². The highest BCUT2D eigenvalue weighted by atomic mass is 16.5. The Balaban J connectivity index is 1.76. The molecule has 0 aromatic heterocycles. The van der Waals surface area contributed by atoms with Crippen LogP contribution in [0.15, 0.2) is 35.5 Å². The number of morpholine rings is 1. The van der Waals surface area contributed by atoms with Crippen molar-refractivity contribution in [1.82, 2.24) is 4.90 Å². The lowest BCUT2D eigenvalue weighted by Gasteiger charge is -2.29. The number of methoxy groups -OCH3 is 1. The molecule has 2 aliphatic heterocycles. The first-order valence-electron chi connectivity index (χ1n) is 8.55. The van der Waals surface area contributed by atoms with E-state index in [2.05, 4.69) is 10.2 Å². The lowest BCUT2D eigenvalue weighted by atomic mass is 10.2. The second-order valence-corrected chi connectivity index (χ2v) is 6.07. The Bertz CT molecular complexity index is 695. The SMILES string of the molecule is COC(=O)C1=C(Nc2ccc(N3CCOCC3)cc2)C(=O)N(CCO)C1. The average molecular weight is 361 g/mol. The summed E-state index contributed by atoms with van der Waals surface area (Å²) < 4.78 is 10.1. The number of nitrogens with one attached hydrogen (secondary N) is 1. The molecule has 0 atom stereocenters. The van der Waals surface area contributed by atoms with Gasteiger partial charge in [0.05, 0.1) is 39.0 Å². The van der Waals surface area contributed by atoms with Crippen LogP contribution in [0.5, 0.6) is 0 Å². The van der Waals surface area contributed by atoms with Gasteiger partial charge in [-0.25, -0.2) is 4.79 Å². The van der Waals surface area contributed by atoms with E-state index in [9.17, 15) is 9.59 Å². The maximum Gasteiger partial charge on any atom is 0.337 e. The number of anilines is 2. The average Bonchev–Trinajstić information content (AvgIpc) is 2.99. The number of hydrogen-bond donors (Lipinski definition) is 2. The molecular formula is C18H23N3O5. The van der Waals surface area contributed by atoms with E-state index in [1.54, 1.807) is 0 Å². The quantitative estimate of drug-likeness (QED) is 0.699. The van der Waals surface area contributed by atoms with Crippen LogP contribution in [0.1, 0.15) is 0 Å². The monoisotopic (exact) mass is 361 g/mol. The van der Waals surface area contributed by atoms with Crippen molar-refractivity contribution in [3.63, 3.8) is 0 Å². The predicted molar refractivity (Wildman–Crippen MR) is 95.8 cm³/mol. The lowest BCUT2D eigenvalue weighted by molar-refractivity contribution is -0.136. The fraction of sp³-hybridized carbons (Fsp3) is 0.444. The molecule has 140 valence electrons. The number of amides is 1. The van der Waals surface area contributed by atoms with E-state index in [-0.39, 0.29) is 36.9 Å². The van der Waals surface area contributed by atoms with Gasteiger partial charge in [0.15, 0.2) is 0 Å². The van der Waals surface area contributed by atoms with E-state index in [0.29, 0.717) is 18.9 Å². The van der Waals surface area contributed by atoms with Crippen LogP contribution in [-0.4, -0.2) is 75.0 Å². The molecule has 1 saturated heterocycles. The normalized spacial score (nSPS) is 17.7. The highest BCUT2D eigenvalue weighted by molar-refractivity contribution is 6.08. The number of nitrogens with zero attached hydrogens (tertiary/aromatic N) is 2. The first kappa shape index (κ1) is 18.2. The first-order valence-corrected chi connectivity index (χ1v) is 8.55. The van der Waals surface area contributed by atoms with Gasteiger partial charge in [-0.05, 0) is 24.3 Å². The van der Waals surface area contributed by atoms with E-state index in [1.807, 2.05) is 24.3 Å². The summed E-state index contributed by atoms with van der Waals surface area (Å²) >= 11 is 0. The Morgan fingerprint density at radius 3 is 2.58 bits per heavy atom. The predicted octanol–water partition coefficient (Wildman–Crippen LogP) is 0.197. The summed E-state index contributed by atoms with van der Waals surface area (Å²) in [6, 6.07) is 7.68. The van der Waals surface area contributed by atoms with E-state index in [0.717, 1.165) is 18.8 Å². The fourth-order valence-electron chi connectivity index (χ4n) is 3.07. The summed E-state index contributed by atoms with van der Waals surface area (Å²) in [5, 5.41) is 12.1. The summed E-state index contributed by atoms with van der Waals surface area (Å²) in [5.74, 6) is -0.872. The number of aliphatic hydroxyl groups excluding tert-OH is 1. The molecule has 1 aromatic rings. The van der Waals surface area contributed by atoms with Gasteiger partial charge in [0.1, 0.15) is 5.70 Å². The zero-order valence-electron chi connectivity index (χ0n) is 14.7. The van der Waals surface area contributed by atoms with Crippen molar-refractivity contribution in [2.45, 2.75) is 0 Å². The highest BCUT2D eigenvalue weighted by Gasteiger charge is 2.34. The number of hydrogen-bond acceptors (Lipinski definition) is 7. The maximum absolute atomic E-state index is 12.5. The molecule has 2 aliphatic rings. The summed E-state index contributed by atoms with van der Waals surface area (Å²) in [5.41, 5.74) is 2.26. The minimum atomic E-state index is -0.550. The van der Waals surface area contributed by atoms with Crippen LogP contribution in [0, 0.1) is 0 Å². The Labute approximate surface area is 152 Å². The van der Waals surface area contributed by atoms with Crippen LogP contribution in [-0.2, 0) is 19.1 Å². The molecule has 1 amide bonds. The van der Waals surface area contributed by atoms with Gasteiger partial charge in [-0.3, -0.25) is 4.79 Å². The second kappa shape index (κ2) is 8.20. The molecule has 8 nitrogen and oxygen atoms in total. The maximum atomic E-state index is 12.5. The van der Waals surface area contributed by atoms with Crippen LogP contribution < -0.4 is 10.2 Å². The molecule has 0 radical (unpaired) electrons. The lowest BCUT2D eigenvalue weighted by Crippen LogP contribution is -2.36. The van der Waals surface area contributed by atoms with E-state index in [4.69, 9.17) is 14.6 Å². The smallest absolute Gasteiger partial charge is 0.337 e. The van der Waals surface area contributed by atoms with Crippen molar-refractivity contribution in [2.75, 3.05) is 63.3 Å². The van der Waals surface area contributed by atoms with Crippen molar-refractivity contribution < 1.29 is 24.2 Å². The second-order valence-electron chi connectivity index (χ2n) is 6.07. The molecule has 2 N–H and O–H groups in total. The van der Waals surface area contributed by atoms with Crippen LogP contribution >= 0.6 is 0 Å². The topological polar surface area (TPSA) is 91.3 Å². The zero-order chi connectivity index (χ0) is 18.5. The van der Waals surface area contributed by atoms with Gasteiger partial charge < -0.3 is 29.7 Å². The summed E-state index contributed by atoms with van der Waals surface area (Å²) in [7, 11) is 1.28. The van der Waals surface area contributed by atoms with E-state index >= 15 is 0 Å². The van der Waals surface area contributed by atoms with Crippen LogP contribution in [0.3, 0.4) is 0 Å². The van der Waals surface area contributed by atoms with E-state index in [1.165, 1.54) is 12.0 Å². The molecule has 3 rings (SSSR count). The molecular weight excluding hydrogens is 338 g/mol. The molecule has 0 spiro atoms. The number of ether oxygens (including phenoxy) is 2. The Morgan fingerprint density at radius 1 is 1.27 bits per heavy atom. The third-order valence-corrected chi connectivity index (χ3v) is 4.47. The molecule has 0 bridgehead atoms. The highest BCUT2D eigenvalue weighted by Crippen LogP contribution is 2.24. The molecule has 1 fully saturated rings. The van der Waals surface area contributed by atoms with Gasteiger partial charge >= 0.3 is 5.97 Å². The van der Waals surface area contributed by atoms with Crippen molar-refractivity contribution in [3.8, 4) is 0 Å². The fourth-order valence-corrected chi connectivity index (χ4v) is 3.07. The summed E-state index contributed by atoms with van der Waals surface area (Å²) in [4.78, 5) is 28.1. The molecule has 2 heterocycles. The van der Waals surface area contributed by atoms with Crippen molar-refractivity contribution in [3.05, 3.63) is 35.5 Å². The van der Waals surface area contributed by atoms with Crippen molar-refractivity contribution in [2.24, 2.45) is 0 Å². The Morgan fingerprint density at radius 2 is 1.96 bits per heavy atom. The minimum Gasteiger partial charge on any atom is -0.466 e. The summed E-state index contributed by atoms with van der Waals surface area (Å²) in [6.45, 7) is 3.25. The minimum absolute atomic E-state index is 0.125. The Kier molecular flexibility index (Phi) is 5.75. The third-order valence-electron chi connectivity index (χ3n) is 4.47. The van der Waals surface area contributed by atoms with Gasteiger partial charge in [0.2, 0.25) is 0 Å². The number of rotatable bonds is 6. The van der Waals surface area contributed by atoms with Gasteiger partial charge in [-0.2, -0.15) is 0 Å². The number of aliphatic hydroxyl groups is 1. The van der Waals surface area contributed by atoms with Gasteiger partial charge in [-0.15, -0.1) is 0 Å². The van der Waals surface area contributed by atoms with Gasteiger partial charge in [0, 0.05) is 31.0 Å². The largest absolute Gasteiger partial charge is 0.466 e. The first-order chi connectivity index (χ1) is 12.6. The molecule has 1 aromatic carbocycles. The number of carbonyl (C=O) groups is 2. The number of benzene rings is 1. The van der Waals surface area contributed by atoms with Crippen LogP contribution in [0.4, 0.5) is 11.4 Å². The summed E-state index contributed by atoms with van der Waals surface area (Å²) in [6.07, 6.45) is 0. The number of esters is 1. The third kappa shape index (κ3) is 3.81.